The summed E-state index contributed by atoms with van der Waals surface area (Å²) in [7, 11) is 8.86. The molecule has 0 rings (SSSR count). The lowest BCUT2D eigenvalue weighted by atomic mass is 10.3. The van der Waals surface area contributed by atoms with Crippen molar-refractivity contribution in [2.45, 2.75) is 13.3 Å². The van der Waals surface area contributed by atoms with Crippen molar-refractivity contribution in [2.75, 3.05) is 47.8 Å². The summed E-state index contributed by atoms with van der Waals surface area (Å²) in [5.74, 6) is 0. The first-order chi connectivity index (χ1) is 4.98. The van der Waals surface area contributed by atoms with Gasteiger partial charge in [-0.3, -0.25) is 0 Å². The molecule has 2 nitrogen and oxygen atoms in total. The van der Waals surface area contributed by atoms with Gasteiger partial charge in [0.1, 0.15) is 0 Å². The van der Waals surface area contributed by atoms with Crippen molar-refractivity contribution in [2.24, 2.45) is 0 Å². The molecule has 0 aromatic rings. The molecule has 0 aliphatic rings. The maximum absolute atomic E-state index is 2.30. The summed E-state index contributed by atoms with van der Waals surface area (Å²) in [6, 6.07) is 0. The van der Waals surface area contributed by atoms with Gasteiger partial charge < -0.3 is 9.38 Å². The van der Waals surface area contributed by atoms with Crippen molar-refractivity contribution in [3.63, 3.8) is 0 Å². The highest BCUT2D eigenvalue weighted by Gasteiger charge is 2.12. The largest absolute Gasteiger partial charge is 0.327 e. The molecule has 0 N–H and O–H groups in total. The Balaban J connectivity index is 3.54. The summed E-state index contributed by atoms with van der Waals surface area (Å²) in [6.45, 7) is 5.97. The Kier molecular flexibility index (Phi) is 4.69. The van der Waals surface area contributed by atoms with E-state index in [0.717, 1.165) is 4.48 Å². The van der Waals surface area contributed by atoms with E-state index in [1.165, 1.54) is 26.1 Å². The van der Waals surface area contributed by atoms with E-state index in [0.29, 0.717) is 0 Å². The van der Waals surface area contributed by atoms with Gasteiger partial charge in [-0.05, 0) is 20.5 Å². The molecule has 0 unspecified atom stereocenters. The Morgan fingerprint density at radius 1 is 1.09 bits per heavy atom. The van der Waals surface area contributed by atoms with Crippen molar-refractivity contribution >= 4 is 0 Å². The van der Waals surface area contributed by atoms with E-state index in [4.69, 9.17) is 0 Å². The Morgan fingerprint density at radius 3 is 2.00 bits per heavy atom. The van der Waals surface area contributed by atoms with Gasteiger partial charge in [-0.2, -0.15) is 0 Å². The summed E-state index contributed by atoms with van der Waals surface area (Å²) in [5.41, 5.74) is 0. The summed E-state index contributed by atoms with van der Waals surface area (Å²) < 4.78 is 1.15. The van der Waals surface area contributed by atoms with Gasteiger partial charge in [-0.25, -0.2) is 0 Å². The topological polar surface area (TPSA) is 3.24 Å². The van der Waals surface area contributed by atoms with Gasteiger partial charge >= 0.3 is 0 Å². The number of nitrogens with zero attached hydrogens (tertiary/aromatic N) is 2. The highest BCUT2D eigenvalue weighted by molar-refractivity contribution is 4.41. The molecule has 0 fully saturated rings. The van der Waals surface area contributed by atoms with Crippen LogP contribution in [0.15, 0.2) is 0 Å². The maximum atomic E-state index is 2.30. The average molecular weight is 159 g/mol. The molecule has 0 radical (unpaired) electrons. The standard InChI is InChI=1S/C9H23N2/c1-6-8-11(4,5)9-7-10(2)3/h6-9H2,1-5H3/q+1. The SMILES string of the molecule is CCC[N+](C)(C)CCN(C)C. The molecular weight excluding hydrogens is 136 g/mol. The molecule has 0 bridgehead atoms. The fourth-order valence-corrected chi connectivity index (χ4v) is 1.19. The summed E-state index contributed by atoms with van der Waals surface area (Å²) in [6.07, 6.45) is 1.28. The molecule has 0 saturated heterocycles. The highest BCUT2D eigenvalue weighted by atomic mass is 15.3. The second kappa shape index (κ2) is 4.73. The zero-order valence-corrected chi connectivity index (χ0v) is 8.72. The van der Waals surface area contributed by atoms with Gasteiger partial charge in [0.15, 0.2) is 0 Å². The van der Waals surface area contributed by atoms with Crippen molar-refractivity contribution in [3.8, 4) is 0 Å². The quantitative estimate of drug-likeness (QED) is 0.542. The number of likely N-dealkylation sites (N-methyl/N-ethyl adjacent to an activating group) is 2. The Morgan fingerprint density at radius 2 is 1.64 bits per heavy atom. The van der Waals surface area contributed by atoms with Crippen LogP contribution >= 0.6 is 0 Å². The van der Waals surface area contributed by atoms with Crippen LogP contribution in [0.3, 0.4) is 0 Å². The fraction of sp³-hybridized carbons (Fsp3) is 1.00. The van der Waals surface area contributed by atoms with Crippen molar-refractivity contribution in [3.05, 3.63) is 0 Å². The molecule has 0 spiro atoms. The van der Waals surface area contributed by atoms with Crippen molar-refractivity contribution in [1.29, 1.82) is 0 Å². The third-order valence-electron chi connectivity index (χ3n) is 1.98. The molecule has 0 atom stereocenters. The lowest BCUT2D eigenvalue weighted by molar-refractivity contribution is -0.889. The molecule has 0 aromatic heterocycles. The number of hydrogen-bond acceptors (Lipinski definition) is 1. The van der Waals surface area contributed by atoms with Crippen LogP contribution in [0.25, 0.3) is 0 Å². The van der Waals surface area contributed by atoms with E-state index < -0.39 is 0 Å². The number of rotatable bonds is 5. The molecule has 11 heavy (non-hydrogen) atoms. The third-order valence-corrected chi connectivity index (χ3v) is 1.98. The minimum absolute atomic E-state index is 1.15. The molecule has 0 saturated carbocycles. The fourth-order valence-electron chi connectivity index (χ4n) is 1.19. The minimum Gasteiger partial charge on any atom is -0.327 e. The number of hydrogen-bond donors (Lipinski definition) is 0. The lowest BCUT2D eigenvalue weighted by Crippen LogP contribution is -2.44. The van der Waals surface area contributed by atoms with E-state index in [-0.39, 0.29) is 0 Å². The lowest BCUT2D eigenvalue weighted by Gasteiger charge is -2.30. The second-order valence-electron chi connectivity index (χ2n) is 4.19. The molecular formula is C9H23N2+. The predicted molar refractivity (Wildman–Crippen MR) is 50.7 cm³/mol. The molecule has 0 aliphatic heterocycles. The van der Waals surface area contributed by atoms with Crippen LogP contribution in [0.4, 0.5) is 0 Å². The molecule has 0 heterocycles. The van der Waals surface area contributed by atoms with E-state index in [2.05, 4.69) is 40.0 Å². The van der Waals surface area contributed by atoms with Gasteiger partial charge in [-0.1, -0.05) is 6.92 Å². The van der Waals surface area contributed by atoms with Gasteiger partial charge in [0.2, 0.25) is 0 Å². The van der Waals surface area contributed by atoms with E-state index >= 15 is 0 Å². The van der Waals surface area contributed by atoms with Gasteiger partial charge in [-0.15, -0.1) is 0 Å². The zero-order valence-electron chi connectivity index (χ0n) is 8.72. The molecule has 0 amide bonds. The Labute approximate surface area is 71.4 Å². The summed E-state index contributed by atoms with van der Waals surface area (Å²) >= 11 is 0. The predicted octanol–water partition coefficient (Wildman–Crippen LogP) is 1.03. The Bertz CT molecular complexity index is 97.7. The van der Waals surface area contributed by atoms with Crippen LogP contribution in [0.2, 0.25) is 0 Å². The Hall–Kier alpha value is -0.0800. The van der Waals surface area contributed by atoms with Crippen LogP contribution in [0, 0.1) is 0 Å². The molecule has 68 valence electrons. The van der Waals surface area contributed by atoms with Crippen LogP contribution in [-0.4, -0.2) is 57.2 Å². The van der Waals surface area contributed by atoms with Crippen molar-refractivity contribution < 1.29 is 4.48 Å². The molecule has 2 heteroatoms. The van der Waals surface area contributed by atoms with Crippen LogP contribution in [0.5, 0.6) is 0 Å². The first kappa shape index (κ1) is 10.9. The van der Waals surface area contributed by atoms with Crippen LogP contribution in [0.1, 0.15) is 13.3 Å². The smallest absolute Gasteiger partial charge is 0.0911 e. The second-order valence-corrected chi connectivity index (χ2v) is 4.19. The monoisotopic (exact) mass is 159 g/mol. The van der Waals surface area contributed by atoms with E-state index in [9.17, 15) is 0 Å². The van der Waals surface area contributed by atoms with E-state index in [1.54, 1.807) is 0 Å². The third kappa shape index (κ3) is 6.32. The first-order valence-electron chi connectivity index (χ1n) is 4.44. The summed E-state index contributed by atoms with van der Waals surface area (Å²) in [4.78, 5) is 2.25. The van der Waals surface area contributed by atoms with Gasteiger partial charge in [0, 0.05) is 6.54 Å². The highest BCUT2D eigenvalue weighted by Crippen LogP contribution is 1.98. The summed E-state index contributed by atoms with van der Waals surface area (Å²) in [5, 5.41) is 0. The number of quaternary nitrogens is 1. The van der Waals surface area contributed by atoms with Gasteiger partial charge in [0.25, 0.3) is 0 Å². The first-order valence-corrected chi connectivity index (χ1v) is 4.44. The van der Waals surface area contributed by atoms with Crippen LogP contribution < -0.4 is 0 Å². The minimum atomic E-state index is 1.15. The molecule has 0 aliphatic carbocycles. The maximum Gasteiger partial charge on any atom is 0.0911 e. The average Bonchev–Trinajstić information content (AvgIpc) is 1.84. The zero-order chi connectivity index (χ0) is 8.91. The normalized spacial score (nSPS) is 12.5. The van der Waals surface area contributed by atoms with Crippen molar-refractivity contribution in [1.82, 2.24) is 4.90 Å². The van der Waals surface area contributed by atoms with Crippen LogP contribution in [-0.2, 0) is 0 Å². The van der Waals surface area contributed by atoms with Gasteiger partial charge in [0.05, 0.1) is 27.2 Å². The van der Waals surface area contributed by atoms with E-state index in [1.807, 2.05) is 0 Å². The molecule has 0 aromatic carbocycles.